The average molecular weight is 203 g/mol. The first-order valence-electron chi connectivity index (χ1n) is 4.82. The molecule has 0 fully saturated rings. The SMILES string of the molecule is CCCCC(BOCN)C(O)C(=O)O. The van der Waals surface area contributed by atoms with Gasteiger partial charge in [0.25, 0.3) is 7.48 Å². The maximum atomic E-state index is 10.5. The van der Waals surface area contributed by atoms with E-state index >= 15 is 0 Å². The Morgan fingerprint density at radius 3 is 2.71 bits per heavy atom. The summed E-state index contributed by atoms with van der Waals surface area (Å²) in [6.45, 7) is 2.06. The number of hydrogen-bond donors (Lipinski definition) is 3. The van der Waals surface area contributed by atoms with Gasteiger partial charge in [0.15, 0.2) is 0 Å². The molecule has 0 aliphatic heterocycles. The zero-order valence-corrected chi connectivity index (χ0v) is 8.48. The molecule has 0 heterocycles. The highest BCUT2D eigenvalue weighted by Crippen LogP contribution is 2.18. The van der Waals surface area contributed by atoms with Crippen molar-refractivity contribution in [3.8, 4) is 0 Å². The Hall–Kier alpha value is -0.585. The van der Waals surface area contributed by atoms with E-state index in [-0.39, 0.29) is 20.0 Å². The van der Waals surface area contributed by atoms with E-state index in [9.17, 15) is 9.90 Å². The first-order chi connectivity index (χ1) is 6.63. The maximum absolute atomic E-state index is 10.5. The molecule has 4 N–H and O–H groups in total. The molecule has 2 unspecified atom stereocenters. The molecule has 0 bridgehead atoms. The molecule has 0 aromatic rings. The molecule has 6 heteroatoms. The monoisotopic (exact) mass is 203 g/mol. The second-order valence-electron chi connectivity index (χ2n) is 3.22. The normalized spacial score (nSPS) is 14.8. The molecule has 0 aliphatic rings. The summed E-state index contributed by atoms with van der Waals surface area (Å²) in [5.74, 6) is -1.57. The molecule has 0 aromatic carbocycles. The standard InChI is InChI=1S/C8H18BNO4/c1-2-3-4-6(9-14-5-10)7(11)8(12)13/h6-7,9,11H,2-5,10H2,1H3,(H,12,13). The summed E-state index contributed by atoms with van der Waals surface area (Å²) in [5.41, 5.74) is 5.13. The molecule has 0 aliphatic carbocycles. The third-order valence-corrected chi connectivity index (χ3v) is 2.08. The zero-order valence-electron chi connectivity index (χ0n) is 8.48. The van der Waals surface area contributed by atoms with Crippen LogP contribution in [0.5, 0.6) is 0 Å². The van der Waals surface area contributed by atoms with Crippen LogP contribution in [-0.2, 0) is 9.45 Å². The number of carbonyl (C=O) groups is 1. The van der Waals surface area contributed by atoms with Crippen molar-refractivity contribution in [1.82, 2.24) is 0 Å². The lowest BCUT2D eigenvalue weighted by atomic mass is 9.73. The van der Waals surface area contributed by atoms with E-state index in [1.54, 1.807) is 0 Å². The largest absolute Gasteiger partial charge is 0.479 e. The van der Waals surface area contributed by atoms with Crippen LogP contribution < -0.4 is 5.73 Å². The molecule has 0 saturated carbocycles. The van der Waals surface area contributed by atoms with E-state index in [1.807, 2.05) is 6.92 Å². The van der Waals surface area contributed by atoms with Crippen molar-refractivity contribution in [3.63, 3.8) is 0 Å². The maximum Gasteiger partial charge on any atom is 0.332 e. The van der Waals surface area contributed by atoms with Crippen LogP contribution in [0.2, 0.25) is 5.82 Å². The second kappa shape index (κ2) is 7.79. The fourth-order valence-corrected chi connectivity index (χ4v) is 1.22. The predicted molar refractivity (Wildman–Crippen MR) is 54.2 cm³/mol. The van der Waals surface area contributed by atoms with Crippen LogP contribution in [0.15, 0.2) is 0 Å². The van der Waals surface area contributed by atoms with Crippen LogP contribution in [0.4, 0.5) is 0 Å². The number of aliphatic carboxylic acids is 1. The van der Waals surface area contributed by atoms with Crippen LogP contribution >= 0.6 is 0 Å². The third-order valence-electron chi connectivity index (χ3n) is 2.08. The fraction of sp³-hybridized carbons (Fsp3) is 0.875. The first kappa shape index (κ1) is 13.4. The van der Waals surface area contributed by atoms with Gasteiger partial charge in [-0.2, -0.15) is 0 Å². The van der Waals surface area contributed by atoms with Crippen molar-refractivity contribution in [3.05, 3.63) is 0 Å². The molecule has 0 spiro atoms. The number of hydrogen-bond acceptors (Lipinski definition) is 4. The van der Waals surface area contributed by atoms with E-state index in [0.717, 1.165) is 12.8 Å². The Labute approximate surface area is 84.5 Å². The van der Waals surface area contributed by atoms with Crippen molar-refractivity contribution >= 4 is 13.5 Å². The van der Waals surface area contributed by atoms with Crippen molar-refractivity contribution in [2.45, 2.75) is 38.1 Å². The van der Waals surface area contributed by atoms with Gasteiger partial charge in [0, 0.05) is 0 Å². The molecule has 0 rings (SSSR count). The molecule has 2 atom stereocenters. The first-order valence-corrected chi connectivity index (χ1v) is 4.82. The molecular weight excluding hydrogens is 185 g/mol. The van der Waals surface area contributed by atoms with Crippen LogP contribution in [0, 0.1) is 0 Å². The van der Waals surface area contributed by atoms with Gasteiger partial charge in [0.1, 0.15) is 6.10 Å². The summed E-state index contributed by atoms with van der Waals surface area (Å²) in [5, 5.41) is 17.9. The number of unbranched alkanes of at least 4 members (excludes halogenated alkanes) is 1. The summed E-state index contributed by atoms with van der Waals surface area (Å²) < 4.78 is 4.92. The Morgan fingerprint density at radius 2 is 2.29 bits per heavy atom. The van der Waals surface area contributed by atoms with E-state index in [1.165, 1.54) is 0 Å². The number of aliphatic hydroxyl groups is 1. The molecule has 0 radical (unpaired) electrons. The van der Waals surface area contributed by atoms with Gasteiger partial charge in [-0.1, -0.05) is 26.2 Å². The lowest BCUT2D eigenvalue weighted by Crippen LogP contribution is -2.30. The number of rotatable bonds is 8. The Morgan fingerprint density at radius 1 is 1.64 bits per heavy atom. The van der Waals surface area contributed by atoms with Gasteiger partial charge < -0.3 is 20.6 Å². The lowest BCUT2D eigenvalue weighted by molar-refractivity contribution is -0.147. The van der Waals surface area contributed by atoms with Crippen molar-refractivity contribution < 1.29 is 19.7 Å². The highest BCUT2D eigenvalue weighted by Gasteiger charge is 2.26. The molecule has 0 aromatic heterocycles. The summed E-state index contributed by atoms with van der Waals surface area (Å²) >= 11 is 0. The van der Waals surface area contributed by atoms with Gasteiger partial charge in [-0.05, 0) is 5.82 Å². The molecule has 0 saturated heterocycles. The van der Waals surface area contributed by atoms with Crippen LogP contribution in [0.1, 0.15) is 26.2 Å². The minimum absolute atomic E-state index is 0.0506. The quantitative estimate of drug-likeness (QED) is 0.371. The number of carboxylic acids is 1. The van der Waals surface area contributed by atoms with Gasteiger partial charge >= 0.3 is 5.97 Å². The molecule has 5 nitrogen and oxygen atoms in total. The molecule has 14 heavy (non-hydrogen) atoms. The topological polar surface area (TPSA) is 92.8 Å². The highest BCUT2D eigenvalue weighted by atomic mass is 16.4. The van der Waals surface area contributed by atoms with Crippen LogP contribution in [0.25, 0.3) is 0 Å². The van der Waals surface area contributed by atoms with Crippen molar-refractivity contribution in [1.29, 1.82) is 0 Å². The third kappa shape index (κ3) is 5.21. The molecule has 0 amide bonds. The van der Waals surface area contributed by atoms with Gasteiger partial charge in [0.2, 0.25) is 0 Å². The summed E-state index contributed by atoms with van der Waals surface area (Å²) in [6.07, 6.45) is 1.13. The number of carboxylic acid groups (broad SMARTS) is 1. The zero-order chi connectivity index (χ0) is 11.0. The predicted octanol–water partition coefficient (Wildman–Crippen LogP) is -0.305. The van der Waals surface area contributed by atoms with Gasteiger partial charge in [-0.15, -0.1) is 0 Å². The Bertz CT molecular complexity index is 159. The van der Waals surface area contributed by atoms with Gasteiger partial charge in [0.05, 0.1) is 6.73 Å². The number of nitrogens with two attached hydrogens (primary N) is 1. The van der Waals surface area contributed by atoms with E-state index in [2.05, 4.69) is 0 Å². The van der Waals surface area contributed by atoms with E-state index < -0.39 is 12.1 Å². The summed E-state index contributed by atoms with van der Waals surface area (Å²) in [4.78, 5) is 10.5. The van der Waals surface area contributed by atoms with Crippen molar-refractivity contribution in [2.75, 3.05) is 6.73 Å². The fourth-order valence-electron chi connectivity index (χ4n) is 1.22. The Kier molecular flexibility index (Phi) is 7.46. The summed E-state index contributed by atoms with van der Waals surface area (Å²) in [6, 6.07) is 0. The lowest BCUT2D eigenvalue weighted by Gasteiger charge is -2.17. The van der Waals surface area contributed by atoms with Crippen molar-refractivity contribution in [2.24, 2.45) is 5.73 Å². The van der Waals surface area contributed by atoms with E-state index in [4.69, 9.17) is 15.5 Å². The average Bonchev–Trinajstić information content (AvgIpc) is 2.17. The smallest absolute Gasteiger partial charge is 0.332 e. The van der Waals surface area contributed by atoms with Gasteiger partial charge in [-0.25, -0.2) is 4.79 Å². The minimum atomic E-state index is -1.35. The van der Waals surface area contributed by atoms with Crippen LogP contribution in [-0.4, -0.2) is 36.5 Å². The minimum Gasteiger partial charge on any atom is -0.479 e. The Balaban J connectivity index is 4.01. The number of aliphatic hydroxyl groups excluding tert-OH is 1. The van der Waals surface area contributed by atoms with Gasteiger partial charge in [-0.3, -0.25) is 0 Å². The summed E-state index contributed by atoms with van der Waals surface area (Å²) in [7, 11) is 0.198. The van der Waals surface area contributed by atoms with Crippen LogP contribution in [0.3, 0.4) is 0 Å². The molecule has 82 valence electrons. The van der Waals surface area contributed by atoms with E-state index in [0.29, 0.717) is 6.42 Å². The highest BCUT2D eigenvalue weighted by molar-refractivity contribution is 6.30. The second-order valence-corrected chi connectivity index (χ2v) is 3.22. The molecular formula is C8H18BNO4.